The lowest BCUT2D eigenvalue weighted by Crippen LogP contribution is -2.12. The zero-order valence-corrected chi connectivity index (χ0v) is 5.50. The summed E-state index contributed by atoms with van der Waals surface area (Å²) >= 11 is 5.62. The van der Waals surface area contributed by atoms with Crippen molar-refractivity contribution in [1.29, 1.82) is 0 Å². The zero-order chi connectivity index (χ0) is 5.98. The average molecular weight is 130 g/mol. The molecule has 0 saturated carbocycles. The summed E-state index contributed by atoms with van der Waals surface area (Å²) in [6, 6.07) is 0. The molecule has 0 fully saturated rings. The maximum Gasteiger partial charge on any atom is 0.102 e. The second kappa shape index (κ2) is 2.23. The number of halogens is 1. The number of rotatable bonds is 0. The van der Waals surface area contributed by atoms with Gasteiger partial charge in [-0.05, 0) is 13.0 Å². The minimum atomic E-state index is 0.741. The number of allylic oxidation sites excluding steroid dienone is 2. The van der Waals surface area contributed by atoms with Crippen molar-refractivity contribution in [2.24, 2.45) is 0 Å². The van der Waals surface area contributed by atoms with Gasteiger partial charge in [-0.3, -0.25) is 0 Å². The molecule has 1 N–H and O–H groups in total. The molecule has 44 valence electrons. The van der Waals surface area contributed by atoms with Crippen LogP contribution >= 0.6 is 11.6 Å². The van der Waals surface area contributed by atoms with Gasteiger partial charge < -0.3 is 5.32 Å². The monoisotopic (exact) mass is 129 g/mol. The quantitative estimate of drug-likeness (QED) is 0.490. The molecule has 1 heterocycles. The Balaban J connectivity index is 2.69. The molecule has 0 aromatic rings. The molecule has 0 atom stereocenters. The van der Waals surface area contributed by atoms with Crippen LogP contribution in [0.3, 0.4) is 0 Å². The van der Waals surface area contributed by atoms with Crippen LogP contribution in [0.15, 0.2) is 22.9 Å². The number of hydrogen-bond acceptors (Lipinski definition) is 1. The summed E-state index contributed by atoms with van der Waals surface area (Å²) in [4.78, 5) is 0. The Hall–Kier alpha value is -0.430. The molecule has 0 aliphatic carbocycles. The van der Waals surface area contributed by atoms with E-state index in [0.717, 1.165) is 11.7 Å². The van der Waals surface area contributed by atoms with Crippen molar-refractivity contribution in [2.75, 3.05) is 6.54 Å². The molecule has 0 amide bonds. The van der Waals surface area contributed by atoms with Crippen molar-refractivity contribution in [3.63, 3.8) is 0 Å². The standard InChI is InChI=1S/C6H8ClN/c1-5-2-3-8-6(7)4-5/h2,4,8H,3H2,1H3. The molecule has 1 nitrogen and oxygen atoms in total. The van der Waals surface area contributed by atoms with Crippen LogP contribution < -0.4 is 5.32 Å². The zero-order valence-electron chi connectivity index (χ0n) is 4.74. The molecule has 0 aromatic heterocycles. The Labute approximate surface area is 54.0 Å². The second-order valence-electron chi connectivity index (χ2n) is 1.82. The Kier molecular flexibility index (Phi) is 1.59. The predicted octanol–water partition coefficient (Wildman–Crippen LogP) is 1.62. The van der Waals surface area contributed by atoms with Crippen LogP contribution in [0.4, 0.5) is 0 Å². The highest BCUT2D eigenvalue weighted by Crippen LogP contribution is 2.06. The number of dihydropyridines is 1. The van der Waals surface area contributed by atoms with Crippen LogP contribution in [0.2, 0.25) is 0 Å². The highest BCUT2D eigenvalue weighted by molar-refractivity contribution is 6.29. The minimum absolute atomic E-state index is 0.741. The molecule has 0 aromatic carbocycles. The lowest BCUT2D eigenvalue weighted by atomic mass is 10.2. The molecule has 8 heavy (non-hydrogen) atoms. The van der Waals surface area contributed by atoms with E-state index in [4.69, 9.17) is 11.6 Å². The summed E-state index contributed by atoms with van der Waals surface area (Å²) in [5, 5.41) is 3.70. The summed E-state index contributed by atoms with van der Waals surface area (Å²) < 4.78 is 0. The predicted molar refractivity (Wildman–Crippen MR) is 35.7 cm³/mol. The maximum absolute atomic E-state index is 5.62. The van der Waals surface area contributed by atoms with Gasteiger partial charge in [0.1, 0.15) is 5.16 Å². The Morgan fingerprint density at radius 1 is 1.75 bits per heavy atom. The first kappa shape index (κ1) is 5.70. The first-order valence-electron chi connectivity index (χ1n) is 2.57. The molecule has 1 aliphatic rings. The van der Waals surface area contributed by atoms with E-state index in [9.17, 15) is 0 Å². The average Bonchev–Trinajstić information content (AvgIpc) is 1.64. The van der Waals surface area contributed by atoms with Crippen molar-refractivity contribution in [3.8, 4) is 0 Å². The molecule has 0 saturated heterocycles. The smallest absolute Gasteiger partial charge is 0.102 e. The van der Waals surface area contributed by atoms with Crippen LogP contribution in [0.5, 0.6) is 0 Å². The molecule has 0 radical (unpaired) electrons. The molecule has 0 spiro atoms. The summed E-state index contributed by atoms with van der Waals surface area (Å²) in [6.45, 7) is 2.89. The summed E-state index contributed by atoms with van der Waals surface area (Å²) in [6.07, 6.45) is 4.00. The highest BCUT2D eigenvalue weighted by Gasteiger charge is 1.94. The normalized spacial score (nSPS) is 18.8. The third-order valence-electron chi connectivity index (χ3n) is 1.05. The van der Waals surface area contributed by atoms with Crippen molar-refractivity contribution >= 4 is 11.6 Å². The molecule has 0 unspecified atom stereocenters. The van der Waals surface area contributed by atoms with Gasteiger partial charge in [-0.15, -0.1) is 0 Å². The molecule has 2 heteroatoms. The summed E-state index contributed by atoms with van der Waals surface area (Å²) in [5.74, 6) is 0. The number of nitrogens with one attached hydrogen (secondary N) is 1. The van der Waals surface area contributed by atoms with E-state index in [1.54, 1.807) is 0 Å². The van der Waals surface area contributed by atoms with E-state index in [1.165, 1.54) is 5.57 Å². The van der Waals surface area contributed by atoms with Gasteiger partial charge in [-0.25, -0.2) is 0 Å². The fourth-order valence-electron chi connectivity index (χ4n) is 0.619. The Morgan fingerprint density at radius 2 is 2.50 bits per heavy atom. The van der Waals surface area contributed by atoms with Crippen LogP contribution in [-0.2, 0) is 0 Å². The minimum Gasteiger partial charge on any atom is -0.372 e. The fraction of sp³-hybridized carbons (Fsp3) is 0.333. The van der Waals surface area contributed by atoms with Crippen LogP contribution in [-0.4, -0.2) is 6.54 Å². The third-order valence-corrected chi connectivity index (χ3v) is 1.29. The number of hydrogen-bond donors (Lipinski definition) is 1. The summed E-state index contributed by atoms with van der Waals surface area (Å²) in [5.41, 5.74) is 1.23. The first-order chi connectivity index (χ1) is 3.79. The molecule has 1 aliphatic heterocycles. The molecular weight excluding hydrogens is 122 g/mol. The van der Waals surface area contributed by atoms with Gasteiger partial charge in [0, 0.05) is 6.54 Å². The van der Waals surface area contributed by atoms with Crippen molar-refractivity contribution in [1.82, 2.24) is 5.32 Å². The van der Waals surface area contributed by atoms with Gasteiger partial charge in [0.25, 0.3) is 0 Å². The second-order valence-corrected chi connectivity index (χ2v) is 2.23. The topological polar surface area (TPSA) is 12.0 Å². The molecule has 1 rings (SSSR count). The highest BCUT2D eigenvalue weighted by atomic mass is 35.5. The van der Waals surface area contributed by atoms with E-state index in [2.05, 4.69) is 11.4 Å². The van der Waals surface area contributed by atoms with E-state index >= 15 is 0 Å². The van der Waals surface area contributed by atoms with Gasteiger partial charge in [0.2, 0.25) is 0 Å². The lowest BCUT2D eigenvalue weighted by Gasteiger charge is -2.06. The van der Waals surface area contributed by atoms with Crippen LogP contribution in [0.25, 0.3) is 0 Å². The fourth-order valence-corrected chi connectivity index (χ4v) is 0.869. The van der Waals surface area contributed by atoms with Gasteiger partial charge >= 0.3 is 0 Å². The van der Waals surface area contributed by atoms with Gasteiger partial charge in [0.15, 0.2) is 0 Å². The van der Waals surface area contributed by atoms with E-state index in [-0.39, 0.29) is 0 Å². The maximum atomic E-state index is 5.62. The molecule has 0 bridgehead atoms. The summed E-state index contributed by atoms with van der Waals surface area (Å²) in [7, 11) is 0. The van der Waals surface area contributed by atoms with Crippen molar-refractivity contribution in [2.45, 2.75) is 6.92 Å². The van der Waals surface area contributed by atoms with E-state index < -0.39 is 0 Å². The third kappa shape index (κ3) is 1.27. The van der Waals surface area contributed by atoms with Crippen molar-refractivity contribution < 1.29 is 0 Å². The first-order valence-corrected chi connectivity index (χ1v) is 2.94. The molecular formula is C6H8ClN. The Morgan fingerprint density at radius 3 is 2.88 bits per heavy atom. The van der Waals surface area contributed by atoms with E-state index in [0.29, 0.717) is 0 Å². The Bertz CT molecular complexity index is 147. The SMILES string of the molecule is CC1=CCNC(Cl)=C1. The van der Waals surface area contributed by atoms with Gasteiger partial charge in [-0.2, -0.15) is 0 Å². The lowest BCUT2D eigenvalue weighted by molar-refractivity contribution is 0.936. The van der Waals surface area contributed by atoms with E-state index in [1.807, 2.05) is 13.0 Å². The largest absolute Gasteiger partial charge is 0.372 e. The van der Waals surface area contributed by atoms with Crippen LogP contribution in [0.1, 0.15) is 6.92 Å². The van der Waals surface area contributed by atoms with Gasteiger partial charge in [-0.1, -0.05) is 23.3 Å². The van der Waals surface area contributed by atoms with Gasteiger partial charge in [0.05, 0.1) is 0 Å². The van der Waals surface area contributed by atoms with Crippen molar-refractivity contribution in [3.05, 3.63) is 22.9 Å². The van der Waals surface area contributed by atoms with Crippen LogP contribution in [0, 0.1) is 0 Å².